The van der Waals surface area contributed by atoms with Crippen LogP contribution in [0.1, 0.15) is 24.5 Å². The molecule has 2 aromatic rings. The number of ether oxygens (including phenoxy) is 1. The molecule has 0 atom stereocenters. The number of benzene rings is 1. The normalized spacial score (nSPS) is 10.3. The zero-order valence-corrected chi connectivity index (χ0v) is 13.4. The molecule has 0 saturated carbocycles. The van der Waals surface area contributed by atoms with Gasteiger partial charge in [-0.15, -0.1) is 0 Å². The summed E-state index contributed by atoms with van der Waals surface area (Å²) < 4.78 is 5.47. The number of carbonyl (C=O) groups excluding carboxylic acids is 1. The molecule has 0 bridgehead atoms. The molecule has 5 nitrogen and oxygen atoms in total. The Labute approximate surface area is 137 Å². The summed E-state index contributed by atoms with van der Waals surface area (Å²) in [5.74, 6) is 0.908. The molecule has 5 heteroatoms. The van der Waals surface area contributed by atoms with Crippen molar-refractivity contribution in [3.05, 3.63) is 59.9 Å². The van der Waals surface area contributed by atoms with Gasteiger partial charge in [-0.05, 0) is 36.2 Å². The Morgan fingerprint density at radius 2 is 2.04 bits per heavy atom. The summed E-state index contributed by atoms with van der Waals surface area (Å²) >= 11 is 0. The van der Waals surface area contributed by atoms with Crippen LogP contribution in [0.4, 0.5) is 0 Å². The van der Waals surface area contributed by atoms with Crippen LogP contribution in [0.2, 0.25) is 0 Å². The molecule has 0 unspecified atom stereocenters. The highest BCUT2D eigenvalue weighted by atomic mass is 16.5. The van der Waals surface area contributed by atoms with Gasteiger partial charge >= 0.3 is 0 Å². The number of carbonyl (C=O) groups is 1. The van der Waals surface area contributed by atoms with E-state index in [-0.39, 0.29) is 5.91 Å². The van der Waals surface area contributed by atoms with E-state index in [1.165, 1.54) is 0 Å². The van der Waals surface area contributed by atoms with Gasteiger partial charge in [0.2, 0.25) is 5.91 Å². The van der Waals surface area contributed by atoms with Crippen molar-refractivity contribution < 1.29 is 9.53 Å². The fourth-order valence-electron chi connectivity index (χ4n) is 2.14. The fourth-order valence-corrected chi connectivity index (χ4v) is 2.14. The van der Waals surface area contributed by atoms with Crippen molar-refractivity contribution >= 4 is 5.91 Å². The second kappa shape index (κ2) is 9.58. The minimum Gasteiger partial charge on any atom is -0.494 e. The van der Waals surface area contributed by atoms with Gasteiger partial charge in [-0.2, -0.15) is 0 Å². The van der Waals surface area contributed by atoms with Crippen molar-refractivity contribution in [2.24, 2.45) is 0 Å². The van der Waals surface area contributed by atoms with E-state index in [4.69, 9.17) is 4.74 Å². The zero-order chi connectivity index (χ0) is 16.3. The Kier molecular flexibility index (Phi) is 7.07. The molecule has 0 spiro atoms. The summed E-state index contributed by atoms with van der Waals surface area (Å²) in [7, 11) is 0. The van der Waals surface area contributed by atoms with Gasteiger partial charge in [0, 0.05) is 38.4 Å². The van der Waals surface area contributed by atoms with Crippen LogP contribution in [0.3, 0.4) is 0 Å². The summed E-state index contributed by atoms with van der Waals surface area (Å²) in [5, 5.41) is 6.16. The minimum absolute atomic E-state index is 0.0319. The summed E-state index contributed by atoms with van der Waals surface area (Å²) in [6.45, 7) is 4.50. The summed E-state index contributed by atoms with van der Waals surface area (Å²) in [6, 6.07) is 11.8. The number of hydrogen-bond donors (Lipinski definition) is 2. The molecule has 23 heavy (non-hydrogen) atoms. The van der Waals surface area contributed by atoms with Gasteiger partial charge < -0.3 is 15.4 Å². The van der Waals surface area contributed by atoms with Crippen LogP contribution in [0.25, 0.3) is 0 Å². The van der Waals surface area contributed by atoms with Crippen LogP contribution in [-0.2, 0) is 17.9 Å². The second-order valence-corrected chi connectivity index (χ2v) is 5.15. The standard InChI is InChI=1S/C18H23N3O2/c1-2-23-17-7-3-5-15(11-17)12-20-10-8-18(22)21-14-16-6-4-9-19-13-16/h3-7,9,11,13,20H,2,8,10,12,14H2,1H3,(H,21,22). The summed E-state index contributed by atoms with van der Waals surface area (Å²) in [4.78, 5) is 15.8. The van der Waals surface area contributed by atoms with Gasteiger partial charge in [0.1, 0.15) is 5.75 Å². The second-order valence-electron chi connectivity index (χ2n) is 5.15. The topological polar surface area (TPSA) is 63.2 Å². The van der Waals surface area contributed by atoms with Gasteiger partial charge in [-0.1, -0.05) is 18.2 Å². The van der Waals surface area contributed by atoms with E-state index in [0.29, 0.717) is 26.1 Å². The molecule has 1 aromatic heterocycles. The molecule has 2 rings (SSSR count). The smallest absolute Gasteiger partial charge is 0.221 e. The van der Waals surface area contributed by atoms with Crippen LogP contribution in [-0.4, -0.2) is 24.0 Å². The Balaban J connectivity index is 1.63. The van der Waals surface area contributed by atoms with E-state index in [9.17, 15) is 4.79 Å². The molecule has 1 aromatic carbocycles. The summed E-state index contributed by atoms with van der Waals surface area (Å²) in [6.07, 6.45) is 3.92. The van der Waals surface area contributed by atoms with E-state index >= 15 is 0 Å². The molecular formula is C18H23N3O2. The van der Waals surface area contributed by atoms with Crippen molar-refractivity contribution in [3.8, 4) is 5.75 Å². The molecule has 1 amide bonds. The Bertz CT molecular complexity index is 602. The Morgan fingerprint density at radius 3 is 2.83 bits per heavy atom. The van der Waals surface area contributed by atoms with Crippen molar-refractivity contribution in [3.63, 3.8) is 0 Å². The fraction of sp³-hybridized carbons (Fsp3) is 0.333. The molecule has 0 radical (unpaired) electrons. The van der Waals surface area contributed by atoms with Gasteiger partial charge in [0.15, 0.2) is 0 Å². The lowest BCUT2D eigenvalue weighted by atomic mass is 10.2. The van der Waals surface area contributed by atoms with E-state index in [0.717, 1.165) is 23.4 Å². The highest BCUT2D eigenvalue weighted by Crippen LogP contribution is 2.12. The first-order chi connectivity index (χ1) is 11.3. The minimum atomic E-state index is 0.0319. The molecule has 0 aliphatic rings. The van der Waals surface area contributed by atoms with E-state index in [2.05, 4.69) is 15.6 Å². The third-order valence-corrected chi connectivity index (χ3v) is 3.28. The van der Waals surface area contributed by atoms with Crippen molar-refractivity contribution in [1.29, 1.82) is 0 Å². The highest BCUT2D eigenvalue weighted by molar-refractivity contribution is 5.76. The molecule has 0 saturated heterocycles. The molecule has 0 fully saturated rings. The number of hydrogen-bond acceptors (Lipinski definition) is 4. The van der Waals surface area contributed by atoms with Gasteiger partial charge in [-0.3, -0.25) is 9.78 Å². The molecule has 0 aliphatic carbocycles. The Hall–Kier alpha value is -2.40. The maximum Gasteiger partial charge on any atom is 0.221 e. The third-order valence-electron chi connectivity index (χ3n) is 3.28. The average Bonchev–Trinajstić information content (AvgIpc) is 2.58. The lowest BCUT2D eigenvalue weighted by Gasteiger charge is -2.08. The van der Waals surface area contributed by atoms with Crippen molar-refractivity contribution in [1.82, 2.24) is 15.6 Å². The lowest BCUT2D eigenvalue weighted by molar-refractivity contribution is -0.121. The number of nitrogens with zero attached hydrogens (tertiary/aromatic N) is 1. The maximum absolute atomic E-state index is 11.8. The molecule has 1 heterocycles. The monoisotopic (exact) mass is 313 g/mol. The van der Waals surface area contributed by atoms with Crippen LogP contribution in [0.5, 0.6) is 5.75 Å². The van der Waals surface area contributed by atoms with Crippen LogP contribution < -0.4 is 15.4 Å². The van der Waals surface area contributed by atoms with Crippen molar-refractivity contribution in [2.75, 3.05) is 13.2 Å². The molecule has 122 valence electrons. The van der Waals surface area contributed by atoms with E-state index < -0.39 is 0 Å². The average molecular weight is 313 g/mol. The first-order valence-corrected chi connectivity index (χ1v) is 7.86. The number of aromatic nitrogens is 1. The zero-order valence-electron chi connectivity index (χ0n) is 13.4. The third kappa shape index (κ3) is 6.48. The molecule has 2 N–H and O–H groups in total. The maximum atomic E-state index is 11.8. The number of amides is 1. The summed E-state index contributed by atoms with van der Waals surface area (Å²) in [5.41, 5.74) is 2.15. The quantitative estimate of drug-likeness (QED) is 0.697. The number of rotatable bonds is 9. The first-order valence-electron chi connectivity index (χ1n) is 7.86. The highest BCUT2D eigenvalue weighted by Gasteiger charge is 2.02. The Morgan fingerprint density at radius 1 is 1.17 bits per heavy atom. The van der Waals surface area contributed by atoms with E-state index in [1.807, 2.05) is 43.3 Å². The van der Waals surface area contributed by atoms with E-state index in [1.54, 1.807) is 12.4 Å². The number of pyridine rings is 1. The van der Waals surface area contributed by atoms with Crippen LogP contribution in [0, 0.1) is 0 Å². The van der Waals surface area contributed by atoms with Crippen molar-refractivity contribution in [2.45, 2.75) is 26.4 Å². The predicted octanol–water partition coefficient (Wildman–Crippen LogP) is 2.28. The van der Waals surface area contributed by atoms with Crippen LogP contribution in [0.15, 0.2) is 48.8 Å². The SMILES string of the molecule is CCOc1cccc(CNCCC(=O)NCc2cccnc2)c1. The van der Waals surface area contributed by atoms with Crippen LogP contribution >= 0.6 is 0 Å². The van der Waals surface area contributed by atoms with Gasteiger partial charge in [0.05, 0.1) is 6.61 Å². The first kappa shape index (κ1) is 17.0. The molecule has 0 aliphatic heterocycles. The molecular weight excluding hydrogens is 290 g/mol. The largest absolute Gasteiger partial charge is 0.494 e. The number of nitrogens with one attached hydrogen (secondary N) is 2. The van der Waals surface area contributed by atoms with Gasteiger partial charge in [-0.25, -0.2) is 0 Å². The predicted molar refractivity (Wildman–Crippen MR) is 90.0 cm³/mol. The van der Waals surface area contributed by atoms with Gasteiger partial charge in [0.25, 0.3) is 0 Å². The lowest BCUT2D eigenvalue weighted by Crippen LogP contribution is -2.27.